The van der Waals surface area contributed by atoms with E-state index in [9.17, 15) is 9.90 Å². The molecule has 0 aliphatic carbocycles. The van der Waals surface area contributed by atoms with Crippen LogP contribution in [0.4, 0.5) is 17.3 Å². The number of amides is 1. The van der Waals surface area contributed by atoms with Gasteiger partial charge < -0.3 is 30.3 Å². The lowest BCUT2D eigenvalue weighted by Gasteiger charge is -2.30. The number of nitrogens with zero attached hydrogens (tertiary/aromatic N) is 4. The van der Waals surface area contributed by atoms with Crippen LogP contribution in [0.5, 0.6) is 5.75 Å². The van der Waals surface area contributed by atoms with E-state index in [-0.39, 0.29) is 11.7 Å². The first kappa shape index (κ1) is 23.3. The number of phenolic OH excluding ortho intramolecular Hbond substituents is 1. The minimum atomic E-state index is 0.00634. The van der Waals surface area contributed by atoms with Crippen LogP contribution in [-0.4, -0.2) is 83.3 Å². The van der Waals surface area contributed by atoms with Crippen molar-refractivity contribution in [1.29, 1.82) is 0 Å². The lowest BCUT2D eigenvalue weighted by atomic mass is 10.0. The number of rotatable bonds is 5. The highest BCUT2D eigenvalue weighted by Gasteiger charge is 2.20. The number of ether oxygens (including phenoxy) is 1. The van der Waals surface area contributed by atoms with Crippen molar-refractivity contribution in [2.45, 2.75) is 25.8 Å². The second kappa shape index (κ2) is 10.1. The average Bonchev–Trinajstić information content (AvgIpc) is 2.89. The molecule has 0 unspecified atom stereocenters. The third-order valence-electron chi connectivity index (χ3n) is 6.82. The van der Waals surface area contributed by atoms with Crippen LogP contribution in [0.1, 0.15) is 28.8 Å². The quantitative estimate of drug-likeness (QED) is 0.482. The molecule has 1 aromatic heterocycles. The number of phenols is 1. The van der Waals surface area contributed by atoms with E-state index >= 15 is 0 Å². The zero-order valence-corrected chi connectivity index (χ0v) is 20.3. The highest BCUT2D eigenvalue weighted by atomic mass is 16.5. The van der Waals surface area contributed by atoms with Crippen LogP contribution in [0.25, 0.3) is 10.9 Å². The van der Waals surface area contributed by atoms with Crippen LogP contribution >= 0.6 is 0 Å². The first-order valence-electron chi connectivity index (χ1n) is 12.2. The summed E-state index contributed by atoms with van der Waals surface area (Å²) in [6.07, 6.45) is 3.80. The summed E-state index contributed by atoms with van der Waals surface area (Å²) in [6.45, 7) is 6.46. The Kier molecular flexibility index (Phi) is 6.70. The molecule has 2 aliphatic heterocycles. The maximum Gasteiger partial charge on any atom is 0.254 e. The molecule has 2 aliphatic rings. The molecule has 3 N–H and O–H groups in total. The van der Waals surface area contributed by atoms with Crippen molar-refractivity contribution in [2.75, 3.05) is 57.1 Å². The Labute approximate surface area is 205 Å². The molecule has 0 atom stereocenters. The third-order valence-corrected chi connectivity index (χ3v) is 6.82. The number of carbonyl (C=O) groups is 1. The molecule has 9 nitrogen and oxygen atoms in total. The minimum absolute atomic E-state index is 0.00634. The van der Waals surface area contributed by atoms with Crippen LogP contribution in [-0.2, 0) is 4.74 Å². The Balaban J connectivity index is 1.33. The summed E-state index contributed by atoms with van der Waals surface area (Å²) in [5.41, 5.74) is 3.62. The number of nitrogens with one attached hydrogen (secondary N) is 2. The minimum Gasteiger partial charge on any atom is -0.504 e. The van der Waals surface area contributed by atoms with E-state index in [2.05, 4.69) is 32.5 Å². The van der Waals surface area contributed by atoms with Gasteiger partial charge in [-0.3, -0.25) is 4.79 Å². The van der Waals surface area contributed by atoms with Gasteiger partial charge in [-0.05, 0) is 75.8 Å². The molecule has 1 amide bonds. The van der Waals surface area contributed by atoms with E-state index in [0.29, 0.717) is 55.1 Å². The normalized spacial score (nSPS) is 17.5. The number of aryl methyl sites for hydroxylation is 1. The first-order valence-corrected chi connectivity index (χ1v) is 12.2. The Bertz CT molecular complexity index is 1200. The van der Waals surface area contributed by atoms with Gasteiger partial charge in [0, 0.05) is 42.0 Å². The zero-order valence-electron chi connectivity index (χ0n) is 20.3. The summed E-state index contributed by atoms with van der Waals surface area (Å²) >= 11 is 0. The Morgan fingerprint density at radius 2 is 1.83 bits per heavy atom. The maximum absolute atomic E-state index is 12.7. The number of carbonyl (C=O) groups excluding carboxylic acids is 1. The fourth-order valence-corrected chi connectivity index (χ4v) is 4.66. The van der Waals surface area contributed by atoms with Crippen LogP contribution in [0.15, 0.2) is 36.5 Å². The molecule has 0 bridgehead atoms. The molecule has 35 heavy (non-hydrogen) atoms. The van der Waals surface area contributed by atoms with Crippen molar-refractivity contribution in [3.8, 4) is 5.75 Å². The van der Waals surface area contributed by atoms with Gasteiger partial charge in [-0.15, -0.1) is 0 Å². The Morgan fingerprint density at radius 1 is 1.11 bits per heavy atom. The molecule has 0 saturated carbocycles. The van der Waals surface area contributed by atoms with Crippen molar-refractivity contribution in [1.82, 2.24) is 19.8 Å². The largest absolute Gasteiger partial charge is 0.504 e. The lowest BCUT2D eigenvalue weighted by molar-refractivity contribution is 0.0303. The van der Waals surface area contributed by atoms with Gasteiger partial charge in [0.2, 0.25) is 5.95 Å². The van der Waals surface area contributed by atoms with E-state index in [0.717, 1.165) is 42.6 Å². The smallest absolute Gasteiger partial charge is 0.254 e. The second-order valence-electron chi connectivity index (χ2n) is 9.37. The van der Waals surface area contributed by atoms with Gasteiger partial charge in [-0.1, -0.05) is 0 Å². The van der Waals surface area contributed by atoms with Gasteiger partial charge in [0.1, 0.15) is 5.52 Å². The van der Waals surface area contributed by atoms with Gasteiger partial charge in [-0.25, -0.2) is 9.97 Å². The SMILES string of the molecule is Cc1cc(NC2CCN(C)CC2)c(O)c2nc(Nc3ccc(C(=O)N4CCOCC4)cc3)ncc12. The number of piperidine rings is 1. The summed E-state index contributed by atoms with van der Waals surface area (Å²) in [6, 6.07) is 9.57. The number of hydrogen-bond acceptors (Lipinski definition) is 8. The molecule has 3 heterocycles. The summed E-state index contributed by atoms with van der Waals surface area (Å²) in [5, 5.41) is 18.5. The molecule has 0 spiro atoms. The Hall–Kier alpha value is -3.43. The molecule has 2 aromatic carbocycles. The number of aromatic hydroxyl groups is 1. The van der Waals surface area contributed by atoms with Gasteiger partial charge >= 0.3 is 0 Å². The number of morpholine rings is 1. The molecule has 5 rings (SSSR count). The molecule has 2 saturated heterocycles. The fraction of sp³-hybridized carbons (Fsp3) is 0.423. The van der Waals surface area contributed by atoms with Crippen LogP contribution in [0, 0.1) is 6.92 Å². The van der Waals surface area contributed by atoms with Gasteiger partial charge in [0.15, 0.2) is 5.75 Å². The van der Waals surface area contributed by atoms with Gasteiger partial charge in [0.05, 0.1) is 18.9 Å². The molecule has 9 heteroatoms. The summed E-state index contributed by atoms with van der Waals surface area (Å²) in [7, 11) is 2.13. The Morgan fingerprint density at radius 3 is 2.54 bits per heavy atom. The van der Waals surface area contributed by atoms with E-state index in [1.807, 2.05) is 25.1 Å². The second-order valence-corrected chi connectivity index (χ2v) is 9.37. The summed E-state index contributed by atoms with van der Waals surface area (Å²) in [5.74, 6) is 0.532. The molecule has 184 valence electrons. The molecular weight excluding hydrogens is 444 g/mol. The fourth-order valence-electron chi connectivity index (χ4n) is 4.66. The highest BCUT2D eigenvalue weighted by molar-refractivity contribution is 5.95. The van der Waals surface area contributed by atoms with E-state index in [4.69, 9.17) is 4.74 Å². The van der Waals surface area contributed by atoms with Crippen molar-refractivity contribution in [3.05, 3.63) is 47.7 Å². The standard InChI is InChI=1S/C26H32N6O3/c1-17-15-22(28-20-7-9-31(2)10-8-20)24(33)23-21(17)16-27-26(30-23)29-19-5-3-18(4-6-19)25(34)32-11-13-35-14-12-32/h3-6,15-16,20,28,33H,7-14H2,1-2H3,(H,27,29,30). The van der Waals surface area contributed by atoms with Crippen LogP contribution < -0.4 is 10.6 Å². The average molecular weight is 477 g/mol. The van der Waals surface area contributed by atoms with Gasteiger partial charge in [0.25, 0.3) is 5.91 Å². The van der Waals surface area contributed by atoms with Crippen molar-refractivity contribution in [2.24, 2.45) is 0 Å². The van der Waals surface area contributed by atoms with Crippen LogP contribution in [0.2, 0.25) is 0 Å². The number of fused-ring (bicyclic) bond motifs is 1. The van der Waals surface area contributed by atoms with Gasteiger partial charge in [-0.2, -0.15) is 0 Å². The number of benzene rings is 2. The van der Waals surface area contributed by atoms with E-state index in [1.54, 1.807) is 23.2 Å². The van der Waals surface area contributed by atoms with E-state index in [1.165, 1.54) is 0 Å². The molecule has 2 fully saturated rings. The summed E-state index contributed by atoms with van der Waals surface area (Å²) < 4.78 is 5.33. The maximum atomic E-state index is 12.7. The molecule has 3 aromatic rings. The third kappa shape index (κ3) is 5.16. The predicted molar refractivity (Wildman–Crippen MR) is 137 cm³/mol. The van der Waals surface area contributed by atoms with E-state index < -0.39 is 0 Å². The lowest BCUT2D eigenvalue weighted by Crippen LogP contribution is -2.40. The van der Waals surface area contributed by atoms with Crippen molar-refractivity contribution in [3.63, 3.8) is 0 Å². The number of aromatic nitrogens is 2. The number of hydrogen-bond donors (Lipinski definition) is 3. The van der Waals surface area contributed by atoms with Crippen molar-refractivity contribution < 1.29 is 14.6 Å². The number of likely N-dealkylation sites (tertiary alicyclic amines) is 1. The molecular formula is C26H32N6O3. The topological polar surface area (TPSA) is 103 Å². The first-order chi connectivity index (χ1) is 17.0. The monoisotopic (exact) mass is 476 g/mol. The summed E-state index contributed by atoms with van der Waals surface area (Å²) in [4.78, 5) is 25.8. The highest BCUT2D eigenvalue weighted by Crippen LogP contribution is 2.35. The van der Waals surface area contributed by atoms with Crippen molar-refractivity contribution >= 4 is 34.1 Å². The zero-order chi connectivity index (χ0) is 24.4. The predicted octanol–water partition coefficient (Wildman–Crippen LogP) is 3.37. The van der Waals surface area contributed by atoms with Crippen LogP contribution in [0.3, 0.4) is 0 Å². The molecule has 0 radical (unpaired) electrons. The number of anilines is 3.